The van der Waals surface area contributed by atoms with E-state index in [0.29, 0.717) is 18.1 Å². The average molecular weight is 437 g/mol. The first-order valence-corrected chi connectivity index (χ1v) is 10.7. The van der Waals surface area contributed by atoms with Gasteiger partial charge in [0.05, 0.1) is 37.0 Å². The Morgan fingerprint density at radius 2 is 1.63 bits per heavy atom. The molecule has 0 spiro atoms. The maximum atomic E-state index is 13.2. The first kappa shape index (κ1) is 23.5. The van der Waals surface area contributed by atoms with E-state index in [9.17, 15) is 13.2 Å². The van der Waals surface area contributed by atoms with Crippen molar-refractivity contribution in [1.29, 1.82) is 0 Å². The van der Waals surface area contributed by atoms with Gasteiger partial charge in [-0.05, 0) is 32.0 Å². The Hall–Kier alpha value is -2.78. The smallest absolute Gasteiger partial charge is 0.264 e. The molecule has 2 aromatic carbocycles. The molecule has 30 heavy (non-hydrogen) atoms. The average Bonchev–Trinajstić information content (AvgIpc) is 2.72. The van der Waals surface area contributed by atoms with Crippen molar-refractivity contribution in [2.24, 2.45) is 0 Å². The third-order valence-corrected chi connectivity index (χ3v) is 6.34. The first-order valence-electron chi connectivity index (χ1n) is 9.27. The highest BCUT2D eigenvalue weighted by Gasteiger charge is 2.28. The van der Waals surface area contributed by atoms with E-state index >= 15 is 0 Å². The minimum Gasteiger partial charge on any atom is -0.493 e. The number of carbonyl (C=O) groups is 1. The lowest BCUT2D eigenvalue weighted by atomic mass is 10.1. The Bertz CT molecular complexity index is 989. The van der Waals surface area contributed by atoms with Crippen LogP contribution >= 0.6 is 0 Å². The standard InChI is InChI=1S/C21H28N2O6S/c1-14-7-9-16(10-8-14)30(25,26)23(3)18-12-20(29-6)19(28-5)11-17(18)21(24)22-15(2)13-27-4/h7-12,15H,13H2,1-6H3,(H,22,24)/t15-/m0/s1. The summed E-state index contributed by atoms with van der Waals surface area (Å²) in [6.45, 7) is 3.97. The number of nitrogens with zero attached hydrogens (tertiary/aromatic N) is 1. The second-order valence-electron chi connectivity index (χ2n) is 6.84. The summed E-state index contributed by atoms with van der Waals surface area (Å²) in [5, 5.41) is 2.80. The van der Waals surface area contributed by atoms with Crippen LogP contribution in [-0.2, 0) is 14.8 Å². The number of carbonyl (C=O) groups excluding carboxylic acids is 1. The highest BCUT2D eigenvalue weighted by atomic mass is 32.2. The summed E-state index contributed by atoms with van der Waals surface area (Å²) in [5.74, 6) is 0.160. The van der Waals surface area contributed by atoms with Crippen LogP contribution in [0.15, 0.2) is 41.3 Å². The van der Waals surface area contributed by atoms with E-state index < -0.39 is 15.9 Å². The predicted octanol–water partition coefficient (Wildman–Crippen LogP) is 2.60. The second kappa shape index (κ2) is 9.82. The van der Waals surface area contributed by atoms with Gasteiger partial charge in [0.25, 0.3) is 15.9 Å². The number of rotatable bonds is 9. The molecule has 2 rings (SSSR count). The third-order valence-electron chi connectivity index (χ3n) is 4.56. The Labute approximate surface area is 177 Å². The van der Waals surface area contributed by atoms with E-state index in [2.05, 4.69) is 5.32 Å². The Morgan fingerprint density at radius 1 is 1.07 bits per heavy atom. The lowest BCUT2D eigenvalue weighted by molar-refractivity contribution is 0.0906. The zero-order valence-electron chi connectivity index (χ0n) is 18.1. The van der Waals surface area contributed by atoms with E-state index in [1.807, 2.05) is 6.92 Å². The van der Waals surface area contributed by atoms with Crippen LogP contribution < -0.4 is 19.1 Å². The molecule has 0 saturated carbocycles. The van der Waals surface area contributed by atoms with E-state index in [1.165, 1.54) is 52.6 Å². The van der Waals surface area contributed by atoms with Crippen LogP contribution in [0.1, 0.15) is 22.8 Å². The van der Waals surface area contributed by atoms with Gasteiger partial charge >= 0.3 is 0 Å². The molecule has 0 aromatic heterocycles. The molecule has 9 heteroatoms. The molecule has 164 valence electrons. The number of hydrogen-bond acceptors (Lipinski definition) is 6. The maximum absolute atomic E-state index is 13.2. The molecule has 0 aliphatic heterocycles. The molecular weight excluding hydrogens is 408 g/mol. The van der Waals surface area contributed by atoms with Gasteiger partial charge in [0, 0.05) is 26.3 Å². The van der Waals surface area contributed by atoms with Crippen molar-refractivity contribution in [3.8, 4) is 11.5 Å². The van der Waals surface area contributed by atoms with Crippen LogP contribution in [0.4, 0.5) is 5.69 Å². The van der Waals surface area contributed by atoms with Gasteiger partial charge in [0.2, 0.25) is 0 Å². The molecule has 8 nitrogen and oxygen atoms in total. The van der Waals surface area contributed by atoms with Gasteiger partial charge in [-0.25, -0.2) is 8.42 Å². The second-order valence-corrected chi connectivity index (χ2v) is 8.81. The van der Waals surface area contributed by atoms with Crippen molar-refractivity contribution in [3.63, 3.8) is 0 Å². The fourth-order valence-corrected chi connectivity index (χ4v) is 4.11. The summed E-state index contributed by atoms with van der Waals surface area (Å²) >= 11 is 0. The molecule has 1 atom stereocenters. The molecule has 2 aromatic rings. The minimum atomic E-state index is -3.92. The lowest BCUT2D eigenvalue weighted by Crippen LogP contribution is -2.37. The number of anilines is 1. The zero-order valence-corrected chi connectivity index (χ0v) is 18.9. The quantitative estimate of drug-likeness (QED) is 0.649. The molecule has 0 saturated heterocycles. The monoisotopic (exact) mass is 436 g/mol. The number of nitrogens with one attached hydrogen (secondary N) is 1. The van der Waals surface area contributed by atoms with E-state index in [-0.39, 0.29) is 22.2 Å². The Balaban J connectivity index is 2.58. The molecule has 0 radical (unpaired) electrons. The molecule has 0 aliphatic rings. The van der Waals surface area contributed by atoms with Crippen molar-refractivity contribution in [3.05, 3.63) is 47.5 Å². The van der Waals surface area contributed by atoms with E-state index in [4.69, 9.17) is 14.2 Å². The highest BCUT2D eigenvalue weighted by molar-refractivity contribution is 7.92. The van der Waals surface area contributed by atoms with E-state index in [0.717, 1.165) is 9.87 Å². The molecule has 0 heterocycles. The van der Waals surface area contributed by atoms with E-state index in [1.54, 1.807) is 19.1 Å². The highest BCUT2D eigenvalue weighted by Crippen LogP contribution is 2.36. The normalized spacial score (nSPS) is 12.2. The van der Waals surface area contributed by atoms with Crippen molar-refractivity contribution >= 4 is 21.6 Å². The van der Waals surface area contributed by atoms with Gasteiger partial charge < -0.3 is 19.5 Å². The number of ether oxygens (including phenoxy) is 3. The summed E-state index contributed by atoms with van der Waals surface area (Å²) in [6.07, 6.45) is 0. The number of methoxy groups -OCH3 is 3. The Morgan fingerprint density at radius 3 is 2.17 bits per heavy atom. The summed E-state index contributed by atoms with van der Waals surface area (Å²) in [6, 6.07) is 9.16. The number of aryl methyl sites for hydroxylation is 1. The number of benzene rings is 2. The third kappa shape index (κ3) is 5.03. The van der Waals surface area contributed by atoms with Crippen LogP contribution in [0, 0.1) is 6.92 Å². The molecule has 0 aliphatic carbocycles. The SMILES string of the molecule is COC[C@H](C)NC(=O)c1cc(OC)c(OC)cc1N(C)S(=O)(=O)c1ccc(C)cc1. The number of sulfonamides is 1. The van der Waals surface area contributed by atoms with Crippen LogP contribution in [0.3, 0.4) is 0 Å². The molecule has 0 unspecified atom stereocenters. The molecule has 1 N–H and O–H groups in total. The summed E-state index contributed by atoms with van der Waals surface area (Å²) < 4.78 is 43.1. The lowest BCUT2D eigenvalue weighted by Gasteiger charge is -2.24. The van der Waals surface area contributed by atoms with Crippen molar-refractivity contribution in [1.82, 2.24) is 5.32 Å². The van der Waals surface area contributed by atoms with Crippen LogP contribution in [0.5, 0.6) is 11.5 Å². The van der Waals surface area contributed by atoms with Gasteiger partial charge in [-0.3, -0.25) is 9.10 Å². The predicted molar refractivity (Wildman–Crippen MR) is 115 cm³/mol. The van der Waals surface area contributed by atoms with Crippen LogP contribution in [0.25, 0.3) is 0 Å². The maximum Gasteiger partial charge on any atom is 0.264 e. The Kier molecular flexibility index (Phi) is 7.69. The fraction of sp³-hybridized carbons (Fsp3) is 0.381. The van der Waals surface area contributed by atoms with Crippen molar-refractivity contribution in [2.45, 2.75) is 24.8 Å². The number of amides is 1. The molecule has 0 bridgehead atoms. The van der Waals surface area contributed by atoms with Crippen molar-refractivity contribution < 1.29 is 27.4 Å². The summed E-state index contributed by atoms with van der Waals surface area (Å²) in [5.41, 5.74) is 1.24. The minimum absolute atomic E-state index is 0.115. The fourth-order valence-electron chi connectivity index (χ4n) is 2.90. The van der Waals surface area contributed by atoms with Crippen LogP contribution in [0.2, 0.25) is 0 Å². The van der Waals surface area contributed by atoms with Gasteiger partial charge in [0.15, 0.2) is 11.5 Å². The number of hydrogen-bond donors (Lipinski definition) is 1. The van der Waals surface area contributed by atoms with Crippen molar-refractivity contribution in [2.75, 3.05) is 39.3 Å². The largest absolute Gasteiger partial charge is 0.493 e. The van der Waals surface area contributed by atoms with Gasteiger partial charge in [-0.2, -0.15) is 0 Å². The first-order chi connectivity index (χ1) is 14.1. The van der Waals surface area contributed by atoms with Gasteiger partial charge in [0.1, 0.15) is 0 Å². The van der Waals surface area contributed by atoms with Gasteiger partial charge in [-0.1, -0.05) is 17.7 Å². The summed E-state index contributed by atoms with van der Waals surface area (Å²) in [7, 11) is 1.90. The van der Waals surface area contributed by atoms with Crippen LogP contribution in [-0.4, -0.2) is 55.4 Å². The van der Waals surface area contributed by atoms with Gasteiger partial charge in [-0.15, -0.1) is 0 Å². The summed E-state index contributed by atoms with van der Waals surface area (Å²) in [4.78, 5) is 13.1. The molecule has 1 amide bonds. The molecular formula is C21H28N2O6S. The zero-order chi connectivity index (χ0) is 22.5. The topological polar surface area (TPSA) is 94.2 Å². The molecule has 0 fully saturated rings.